The van der Waals surface area contributed by atoms with E-state index in [0.29, 0.717) is 23.2 Å². The van der Waals surface area contributed by atoms with Crippen molar-refractivity contribution in [2.24, 2.45) is 0 Å². The number of nitrogens with zero attached hydrogens (tertiary/aromatic N) is 1. The molecule has 0 aliphatic carbocycles. The molecule has 148 valence electrons. The van der Waals surface area contributed by atoms with Crippen LogP contribution >= 0.6 is 0 Å². The van der Waals surface area contributed by atoms with Gasteiger partial charge in [0, 0.05) is 41.8 Å². The molecule has 1 aliphatic heterocycles. The Hall–Kier alpha value is -3.41. The first-order valence-electron chi connectivity index (χ1n) is 9.90. The number of carbonyl (C=O) groups excluding carboxylic acids is 2. The third kappa shape index (κ3) is 4.37. The lowest BCUT2D eigenvalue weighted by molar-refractivity contribution is -0.116. The number of fused-ring (bicyclic) bond motifs is 1. The molecule has 1 aromatic heterocycles. The van der Waals surface area contributed by atoms with E-state index in [4.69, 9.17) is 0 Å². The Kier molecular flexibility index (Phi) is 5.42. The van der Waals surface area contributed by atoms with Crippen LogP contribution in [-0.2, 0) is 11.2 Å². The lowest BCUT2D eigenvalue weighted by atomic mass is 10.1. The zero-order chi connectivity index (χ0) is 20.2. The van der Waals surface area contributed by atoms with Crippen molar-refractivity contribution in [3.63, 3.8) is 0 Å². The van der Waals surface area contributed by atoms with Gasteiger partial charge in [-0.3, -0.25) is 14.4 Å². The zero-order valence-corrected chi connectivity index (χ0v) is 16.1. The molecule has 3 aromatic rings. The second-order valence-electron chi connectivity index (χ2n) is 7.34. The van der Waals surface area contributed by atoms with Gasteiger partial charge in [-0.2, -0.15) is 0 Å². The summed E-state index contributed by atoms with van der Waals surface area (Å²) >= 11 is 0. The van der Waals surface area contributed by atoms with Gasteiger partial charge in [0.15, 0.2) is 0 Å². The number of aryl methyl sites for hydroxylation is 1. The average Bonchev–Trinajstić information content (AvgIpc) is 3.27. The second-order valence-corrected chi connectivity index (χ2v) is 7.34. The molecular weight excluding hydrogens is 366 g/mol. The van der Waals surface area contributed by atoms with E-state index in [1.54, 1.807) is 24.3 Å². The smallest absolute Gasteiger partial charge is 0.253 e. The van der Waals surface area contributed by atoms with Crippen molar-refractivity contribution in [3.8, 4) is 0 Å². The van der Waals surface area contributed by atoms with Crippen LogP contribution in [0.2, 0.25) is 0 Å². The largest absolute Gasteiger partial charge is 0.339 e. The molecule has 0 saturated carbocycles. The van der Waals surface area contributed by atoms with E-state index < -0.39 is 0 Å². The quantitative estimate of drug-likeness (QED) is 0.702. The number of benzene rings is 2. The fourth-order valence-electron chi connectivity index (χ4n) is 3.68. The van der Waals surface area contributed by atoms with Crippen LogP contribution in [0.3, 0.4) is 0 Å². The van der Waals surface area contributed by atoms with Crippen LogP contribution in [0.25, 0.3) is 10.9 Å². The molecule has 0 spiro atoms. The highest BCUT2D eigenvalue weighted by Crippen LogP contribution is 2.17. The topological polar surface area (TPSA) is 82.3 Å². The molecule has 2 N–H and O–H groups in total. The molecule has 6 nitrogen and oxygen atoms in total. The molecule has 1 fully saturated rings. The van der Waals surface area contributed by atoms with Crippen LogP contribution in [0.15, 0.2) is 59.4 Å². The van der Waals surface area contributed by atoms with Gasteiger partial charge in [-0.15, -0.1) is 0 Å². The van der Waals surface area contributed by atoms with Crippen molar-refractivity contribution in [1.29, 1.82) is 0 Å². The highest BCUT2D eigenvalue weighted by atomic mass is 16.2. The summed E-state index contributed by atoms with van der Waals surface area (Å²) in [5.74, 6) is -0.190. The van der Waals surface area contributed by atoms with Gasteiger partial charge >= 0.3 is 0 Å². The Morgan fingerprint density at radius 2 is 1.79 bits per heavy atom. The van der Waals surface area contributed by atoms with E-state index in [0.717, 1.165) is 36.8 Å². The number of amides is 2. The lowest BCUT2D eigenvalue weighted by Gasteiger charge is -2.15. The molecule has 2 heterocycles. The summed E-state index contributed by atoms with van der Waals surface area (Å²) in [6.07, 6.45) is 2.61. The van der Waals surface area contributed by atoms with Gasteiger partial charge in [0.2, 0.25) is 5.91 Å². The Balaban J connectivity index is 1.40. The van der Waals surface area contributed by atoms with Crippen molar-refractivity contribution >= 4 is 28.4 Å². The summed E-state index contributed by atoms with van der Waals surface area (Å²) in [4.78, 5) is 41.8. The molecular formula is C23H23N3O3. The number of H-pyrrole nitrogens is 1. The van der Waals surface area contributed by atoms with Gasteiger partial charge in [0.25, 0.3) is 11.5 Å². The lowest BCUT2D eigenvalue weighted by Crippen LogP contribution is -2.27. The predicted octanol–water partition coefficient (Wildman–Crippen LogP) is 3.34. The summed E-state index contributed by atoms with van der Waals surface area (Å²) in [5.41, 5.74) is 2.36. The van der Waals surface area contributed by atoms with E-state index in [2.05, 4.69) is 10.3 Å². The molecule has 6 heteroatoms. The molecule has 1 saturated heterocycles. The number of aromatic amines is 1. The van der Waals surface area contributed by atoms with Crippen LogP contribution in [0, 0.1) is 0 Å². The van der Waals surface area contributed by atoms with E-state index >= 15 is 0 Å². The standard InChI is InChI=1S/C23H23N3O3/c27-21(11-10-17-14-16-6-1-2-9-20(16)25-22(17)28)24-19-8-5-7-18(15-19)23(29)26-12-3-4-13-26/h1-2,5-9,14-15H,3-4,10-13H2,(H,24,27)(H,25,28). The highest BCUT2D eigenvalue weighted by Gasteiger charge is 2.19. The maximum atomic E-state index is 12.5. The van der Waals surface area contributed by atoms with Crippen molar-refractivity contribution in [2.75, 3.05) is 18.4 Å². The number of likely N-dealkylation sites (tertiary alicyclic amines) is 1. The molecule has 29 heavy (non-hydrogen) atoms. The monoisotopic (exact) mass is 389 g/mol. The SMILES string of the molecule is O=C(CCc1cc2ccccc2[nH]c1=O)Nc1cccc(C(=O)N2CCCC2)c1. The molecule has 4 rings (SSSR count). The van der Waals surface area contributed by atoms with Crippen molar-refractivity contribution in [1.82, 2.24) is 9.88 Å². The zero-order valence-electron chi connectivity index (χ0n) is 16.1. The molecule has 2 aromatic carbocycles. The number of carbonyl (C=O) groups is 2. The summed E-state index contributed by atoms with van der Waals surface area (Å²) in [7, 11) is 0. The van der Waals surface area contributed by atoms with Crippen LogP contribution in [0.1, 0.15) is 35.2 Å². The van der Waals surface area contributed by atoms with Crippen molar-refractivity contribution < 1.29 is 9.59 Å². The highest BCUT2D eigenvalue weighted by molar-refractivity contribution is 5.97. The van der Waals surface area contributed by atoms with Gasteiger partial charge in [-0.25, -0.2) is 0 Å². The third-order valence-corrected chi connectivity index (χ3v) is 5.24. The molecule has 0 unspecified atom stereocenters. The first-order chi connectivity index (χ1) is 14.1. The molecule has 0 radical (unpaired) electrons. The summed E-state index contributed by atoms with van der Waals surface area (Å²) in [6.45, 7) is 1.57. The fraction of sp³-hybridized carbons (Fsp3) is 0.261. The number of nitrogens with one attached hydrogen (secondary N) is 2. The number of pyridine rings is 1. The number of hydrogen-bond donors (Lipinski definition) is 2. The fourth-order valence-corrected chi connectivity index (χ4v) is 3.68. The van der Waals surface area contributed by atoms with Crippen LogP contribution in [-0.4, -0.2) is 34.8 Å². The normalized spacial score (nSPS) is 13.6. The van der Waals surface area contributed by atoms with Crippen LogP contribution < -0.4 is 10.9 Å². The Bertz CT molecular complexity index is 1110. The average molecular weight is 389 g/mol. The van der Waals surface area contributed by atoms with Gasteiger partial charge in [0.1, 0.15) is 0 Å². The number of hydrogen-bond acceptors (Lipinski definition) is 3. The summed E-state index contributed by atoms with van der Waals surface area (Å²) in [5, 5.41) is 3.77. The van der Waals surface area contributed by atoms with Crippen molar-refractivity contribution in [3.05, 3.63) is 76.1 Å². The Labute approximate surface area is 168 Å². The van der Waals surface area contributed by atoms with Crippen molar-refractivity contribution in [2.45, 2.75) is 25.7 Å². The van der Waals surface area contributed by atoms with Gasteiger partial charge < -0.3 is 15.2 Å². The maximum Gasteiger partial charge on any atom is 0.253 e. The number of para-hydroxylation sites is 1. The summed E-state index contributed by atoms with van der Waals surface area (Å²) in [6, 6.07) is 16.4. The molecule has 1 aliphatic rings. The minimum Gasteiger partial charge on any atom is -0.339 e. The van der Waals surface area contributed by atoms with Crippen LogP contribution in [0.4, 0.5) is 5.69 Å². The van der Waals surface area contributed by atoms with Gasteiger partial charge in [-0.1, -0.05) is 24.3 Å². The number of aromatic nitrogens is 1. The number of rotatable bonds is 5. The van der Waals surface area contributed by atoms with Gasteiger partial charge in [0.05, 0.1) is 0 Å². The number of anilines is 1. The minimum atomic E-state index is -0.191. The second kappa shape index (κ2) is 8.31. The Morgan fingerprint density at radius 3 is 2.62 bits per heavy atom. The molecule has 0 bridgehead atoms. The third-order valence-electron chi connectivity index (χ3n) is 5.24. The minimum absolute atomic E-state index is 0.00120. The first kappa shape index (κ1) is 18.9. The Morgan fingerprint density at radius 1 is 1.00 bits per heavy atom. The first-order valence-corrected chi connectivity index (χ1v) is 9.90. The molecule has 0 atom stereocenters. The molecule has 2 amide bonds. The van der Waals surface area contributed by atoms with Gasteiger partial charge in [-0.05, 0) is 55.0 Å². The van der Waals surface area contributed by atoms with E-state index in [9.17, 15) is 14.4 Å². The predicted molar refractivity (Wildman–Crippen MR) is 113 cm³/mol. The van der Waals surface area contributed by atoms with E-state index in [1.165, 1.54) is 0 Å². The summed E-state index contributed by atoms with van der Waals surface area (Å²) < 4.78 is 0. The van der Waals surface area contributed by atoms with E-state index in [-0.39, 0.29) is 23.8 Å². The van der Waals surface area contributed by atoms with E-state index in [1.807, 2.05) is 35.2 Å². The maximum absolute atomic E-state index is 12.5. The van der Waals surface area contributed by atoms with Crippen LogP contribution in [0.5, 0.6) is 0 Å².